The fourth-order valence-electron chi connectivity index (χ4n) is 9.59. The van der Waals surface area contributed by atoms with Crippen molar-refractivity contribution in [1.82, 2.24) is 19.1 Å². The number of hydrogen-bond acceptors (Lipinski definition) is 3. The van der Waals surface area contributed by atoms with Gasteiger partial charge in [0, 0.05) is 43.8 Å². The second kappa shape index (κ2) is 16.3. The summed E-state index contributed by atoms with van der Waals surface area (Å²) in [7, 11) is 0. The zero-order valence-corrected chi connectivity index (χ0v) is 36.1. The molecule has 0 aliphatic rings. The normalized spacial score (nSPS) is 11.5. The lowest BCUT2D eigenvalue weighted by molar-refractivity contribution is 0.381. The number of aromatic nitrogens is 4. The van der Waals surface area contributed by atoms with Crippen molar-refractivity contribution in [2.24, 2.45) is 0 Å². The molecule has 10 heteroatoms. The summed E-state index contributed by atoms with van der Waals surface area (Å²) < 4.78 is 81.3. The molecule has 0 bridgehead atoms. The van der Waals surface area contributed by atoms with Crippen LogP contribution >= 0.6 is 0 Å². The van der Waals surface area contributed by atoms with E-state index in [-0.39, 0.29) is 22.5 Å². The maximum Gasteiger partial charge on any atom is 0.200 e. The van der Waals surface area contributed by atoms with Crippen LogP contribution in [0.2, 0.25) is 0 Å². The molecule has 0 fully saturated rings. The van der Waals surface area contributed by atoms with Crippen LogP contribution in [0.3, 0.4) is 0 Å². The molecule has 0 amide bonds. The first-order valence-corrected chi connectivity index (χ1v) is 22.0. The maximum absolute atomic E-state index is 16.2. The Balaban J connectivity index is 1.17. The molecule has 0 unspecified atom stereocenters. The Kier molecular flexibility index (Phi) is 9.74. The highest BCUT2D eigenvalue weighted by molar-refractivity contribution is 6.12. The molecule has 0 spiro atoms. The summed E-state index contributed by atoms with van der Waals surface area (Å²) in [5, 5.41) is 14.7. The van der Waals surface area contributed by atoms with E-state index in [2.05, 4.69) is 6.07 Å². The summed E-state index contributed by atoms with van der Waals surface area (Å²) in [6, 6.07) is 62.8. The SMILES string of the molecule is N#Cc1c(-n2c3ccccc3c3ccc(-c4cccc(-c5ccccc5)n4)cc32)cc(-c2c(F)c(F)c(F)c(F)c2F)cc1-n1c2ccccc2c2ccc(-c3cccc(-c4ccccc4)n3)cc21. The largest absolute Gasteiger partial charge is 0.308 e. The van der Waals surface area contributed by atoms with Gasteiger partial charge >= 0.3 is 0 Å². The molecule has 0 aliphatic heterocycles. The molecular weight excluding hydrogens is 874 g/mol. The molecule has 12 aromatic rings. The van der Waals surface area contributed by atoms with Crippen molar-refractivity contribution in [3.05, 3.63) is 229 Å². The highest BCUT2D eigenvalue weighted by Crippen LogP contribution is 2.43. The summed E-state index contributed by atoms with van der Waals surface area (Å²) in [6.45, 7) is 0. The molecule has 0 radical (unpaired) electrons. The molecule has 69 heavy (non-hydrogen) atoms. The Morgan fingerprint density at radius 3 is 1.14 bits per heavy atom. The lowest BCUT2D eigenvalue weighted by Crippen LogP contribution is -2.08. The van der Waals surface area contributed by atoms with Crippen LogP contribution in [0.15, 0.2) is 194 Å². The van der Waals surface area contributed by atoms with Crippen LogP contribution in [-0.2, 0) is 0 Å². The molecular formula is C59H32F5N5. The van der Waals surface area contributed by atoms with Gasteiger partial charge in [0.1, 0.15) is 11.6 Å². The second-order valence-electron chi connectivity index (χ2n) is 16.7. The number of nitrogens with zero attached hydrogens (tertiary/aromatic N) is 5. The number of fused-ring (bicyclic) bond motifs is 6. The topological polar surface area (TPSA) is 59.4 Å². The third-order valence-electron chi connectivity index (χ3n) is 12.8. The fraction of sp³-hybridized carbons (Fsp3) is 0. The van der Waals surface area contributed by atoms with Gasteiger partial charge in [0.15, 0.2) is 23.3 Å². The van der Waals surface area contributed by atoms with E-state index in [1.807, 2.05) is 191 Å². The number of benzene rings is 8. The quantitative estimate of drug-likeness (QED) is 0.0909. The molecule has 0 aliphatic carbocycles. The zero-order chi connectivity index (χ0) is 46.9. The molecule has 4 aromatic heterocycles. The van der Waals surface area contributed by atoms with Crippen LogP contribution in [0.4, 0.5) is 22.0 Å². The molecule has 0 N–H and O–H groups in total. The molecule has 0 saturated carbocycles. The van der Waals surface area contributed by atoms with Crippen LogP contribution in [0.5, 0.6) is 0 Å². The van der Waals surface area contributed by atoms with E-state index < -0.39 is 34.6 Å². The van der Waals surface area contributed by atoms with Crippen molar-refractivity contribution in [2.45, 2.75) is 0 Å². The number of para-hydroxylation sites is 2. The van der Waals surface area contributed by atoms with Crippen LogP contribution in [-0.4, -0.2) is 19.1 Å². The summed E-state index contributed by atoms with van der Waals surface area (Å²) in [6.07, 6.45) is 0. The lowest BCUT2D eigenvalue weighted by Gasteiger charge is -2.19. The van der Waals surface area contributed by atoms with E-state index in [9.17, 15) is 9.65 Å². The minimum Gasteiger partial charge on any atom is -0.308 e. The van der Waals surface area contributed by atoms with Crippen LogP contribution in [0, 0.1) is 40.4 Å². The smallest absolute Gasteiger partial charge is 0.200 e. The van der Waals surface area contributed by atoms with Gasteiger partial charge in [-0.2, -0.15) is 5.26 Å². The summed E-state index contributed by atoms with van der Waals surface area (Å²) >= 11 is 0. The number of pyridine rings is 2. The highest BCUT2D eigenvalue weighted by Gasteiger charge is 2.30. The van der Waals surface area contributed by atoms with E-state index in [0.717, 1.165) is 55.2 Å². The third kappa shape index (κ3) is 6.66. The predicted octanol–water partition coefficient (Wildman–Crippen LogP) is 15.6. The molecule has 328 valence electrons. The highest BCUT2D eigenvalue weighted by atomic mass is 19.2. The minimum absolute atomic E-state index is 0.0668. The first kappa shape index (κ1) is 41.2. The number of hydrogen-bond donors (Lipinski definition) is 0. The van der Waals surface area contributed by atoms with Gasteiger partial charge in [-0.15, -0.1) is 0 Å². The van der Waals surface area contributed by atoms with E-state index in [1.54, 1.807) is 0 Å². The molecule has 8 aromatic carbocycles. The van der Waals surface area contributed by atoms with Gasteiger partial charge in [-0.1, -0.05) is 133 Å². The van der Waals surface area contributed by atoms with Gasteiger partial charge in [0.05, 0.1) is 61.8 Å². The van der Waals surface area contributed by atoms with Gasteiger partial charge in [-0.3, -0.25) is 0 Å². The molecule has 5 nitrogen and oxygen atoms in total. The fourth-order valence-corrected chi connectivity index (χ4v) is 9.59. The zero-order valence-electron chi connectivity index (χ0n) is 36.1. The monoisotopic (exact) mass is 905 g/mol. The van der Waals surface area contributed by atoms with E-state index in [0.29, 0.717) is 33.5 Å². The van der Waals surface area contributed by atoms with Crippen molar-refractivity contribution in [1.29, 1.82) is 5.26 Å². The second-order valence-corrected chi connectivity index (χ2v) is 16.7. The first-order chi connectivity index (χ1) is 33.8. The summed E-state index contributed by atoms with van der Waals surface area (Å²) in [4.78, 5) is 10.0. The van der Waals surface area contributed by atoms with E-state index in [1.165, 1.54) is 12.1 Å². The predicted molar refractivity (Wildman–Crippen MR) is 262 cm³/mol. The molecule has 0 atom stereocenters. The third-order valence-corrected chi connectivity index (χ3v) is 12.8. The van der Waals surface area contributed by atoms with Crippen molar-refractivity contribution in [2.75, 3.05) is 0 Å². The Morgan fingerprint density at radius 2 is 0.710 bits per heavy atom. The number of rotatable bonds is 7. The molecule has 0 saturated heterocycles. The van der Waals surface area contributed by atoms with E-state index >= 15 is 17.6 Å². The number of halogens is 5. The average Bonchev–Trinajstić information content (AvgIpc) is 3.92. The van der Waals surface area contributed by atoms with Crippen molar-refractivity contribution < 1.29 is 22.0 Å². The van der Waals surface area contributed by atoms with Gasteiger partial charge in [-0.25, -0.2) is 31.9 Å². The van der Waals surface area contributed by atoms with Crippen LogP contribution in [0.1, 0.15) is 5.56 Å². The molecule has 4 heterocycles. The molecule has 12 rings (SSSR count). The van der Waals surface area contributed by atoms with Crippen LogP contribution < -0.4 is 0 Å². The van der Waals surface area contributed by atoms with Crippen molar-refractivity contribution >= 4 is 43.6 Å². The lowest BCUT2D eigenvalue weighted by atomic mass is 9.98. The van der Waals surface area contributed by atoms with Crippen LogP contribution in [0.25, 0.3) is 111 Å². The van der Waals surface area contributed by atoms with Crippen molar-refractivity contribution in [3.8, 4) is 73.6 Å². The van der Waals surface area contributed by atoms with E-state index in [4.69, 9.17) is 9.97 Å². The minimum atomic E-state index is -2.28. The summed E-state index contributed by atoms with van der Waals surface area (Å²) in [5.74, 6) is -10.5. The Bertz CT molecular complexity index is 3850. The van der Waals surface area contributed by atoms with Gasteiger partial charge in [-0.05, 0) is 66.2 Å². The Hall–Kier alpha value is -9.20. The van der Waals surface area contributed by atoms with Gasteiger partial charge in [0.2, 0.25) is 5.82 Å². The van der Waals surface area contributed by atoms with Gasteiger partial charge in [0.25, 0.3) is 0 Å². The standard InChI is InChI=1S/C59H32F5N5/c60-55-54(56(61)58(63)59(64)57(55)62)38-31-52(68-48-23-9-7-17-39(48)41-27-25-36(29-50(41)68)46-21-11-19-44(66-46)34-13-3-1-4-14-34)43(33-65)53(32-38)69-49-24-10-8-18-40(49)42-28-26-37(30-51(42)69)47-22-12-20-45(67-47)35-15-5-2-6-16-35/h1-32H. The Morgan fingerprint density at radius 1 is 0.333 bits per heavy atom. The number of nitriles is 1. The maximum atomic E-state index is 16.2. The Labute approximate surface area is 390 Å². The summed E-state index contributed by atoms with van der Waals surface area (Å²) in [5.41, 5.74) is 7.51. The first-order valence-electron chi connectivity index (χ1n) is 22.0. The van der Waals surface area contributed by atoms with Gasteiger partial charge < -0.3 is 9.13 Å². The van der Waals surface area contributed by atoms with Crippen molar-refractivity contribution in [3.63, 3.8) is 0 Å². The average molecular weight is 906 g/mol.